The lowest BCUT2D eigenvalue weighted by atomic mass is 9.84. The molecular weight excluding hydrogens is 182 g/mol. The predicted octanol–water partition coefficient (Wildman–Crippen LogP) is 3.81. The van der Waals surface area contributed by atoms with Gasteiger partial charge in [-0.1, -0.05) is 19.3 Å². The van der Waals surface area contributed by atoms with E-state index in [1.807, 2.05) is 0 Å². The van der Waals surface area contributed by atoms with Crippen LogP contribution in [0.4, 0.5) is 8.78 Å². The second-order valence-electron chi connectivity index (χ2n) is 3.94. The van der Waals surface area contributed by atoms with Gasteiger partial charge in [0, 0.05) is 12.1 Å². The summed E-state index contributed by atoms with van der Waals surface area (Å²) in [4.78, 5) is 0. The number of hydrogen-bond acceptors (Lipinski definition) is 0. The van der Waals surface area contributed by atoms with Crippen LogP contribution >= 0.6 is 0 Å². The maximum atomic E-state index is 12.9. The quantitative estimate of drug-likeness (QED) is 0.639. The Morgan fingerprint density at radius 1 is 1.07 bits per heavy atom. The summed E-state index contributed by atoms with van der Waals surface area (Å²) in [7, 11) is 0. The fourth-order valence-corrected chi connectivity index (χ4v) is 2.15. The molecule has 0 amide bonds. The fraction of sp³-hybridized carbons (Fsp3) is 0.500. The summed E-state index contributed by atoms with van der Waals surface area (Å²) in [6.45, 7) is 0. The van der Waals surface area contributed by atoms with Crippen molar-refractivity contribution in [2.45, 2.75) is 38.0 Å². The molecule has 1 radical (unpaired) electrons. The van der Waals surface area contributed by atoms with Gasteiger partial charge in [-0.15, -0.1) is 0 Å². The van der Waals surface area contributed by atoms with E-state index in [4.69, 9.17) is 0 Å². The van der Waals surface area contributed by atoms with Crippen LogP contribution in [0.2, 0.25) is 0 Å². The molecule has 0 spiro atoms. The highest BCUT2D eigenvalue weighted by atomic mass is 19.1. The van der Waals surface area contributed by atoms with E-state index in [1.54, 1.807) is 0 Å². The monoisotopic (exact) mass is 195 g/mol. The molecule has 1 aromatic rings. The highest BCUT2D eigenvalue weighted by molar-refractivity contribution is 5.20. The van der Waals surface area contributed by atoms with E-state index < -0.39 is 11.6 Å². The van der Waals surface area contributed by atoms with E-state index in [0.29, 0.717) is 11.5 Å². The van der Waals surface area contributed by atoms with Gasteiger partial charge >= 0.3 is 0 Å². The van der Waals surface area contributed by atoms with Crippen LogP contribution in [-0.2, 0) is 0 Å². The Balaban J connectivity index is 2.21. The van der Waals surface area contributed by atoms with Gasteiger partial charge in [0.1, 0.15) is 11.6 Å². The molecule has 0 bridgehead atoms. The Morgan fingerprint density at radius 3 is 2.43 bits per heavy atom. The normalized spacial score (nSPS) is 18.4. The molecule has 0 nitrogen and oxygen atoms in total. The highest BCUT2D eigenvalue weighted by Gasteiger charge is 2.16. The first-order valence-corrected chi connectivity index (χ1v) is 5.14. The smallest absolute Gasteiger partial charge is 0.134 e. The summed E-state index contributed by atoms with van der Waals surface area (Å²) in [5.74, 6) is -0.749. The third-order valence-corrected chi connectivity index (χ3v) is 2.87. The Hall–Kier alpha value is -0.920. The van der Waals surface area contributed by atoms with Gasteiger partial charge in [0.15, 0.2) is 0 Å². The van der Waals surface area contributed by atoms with Crippen molar-refractivity contribution >= 4 is 0 Å². The van der Waals surface area contributed by atoms with Crippen molar-refractivity contribution in [3.63, 3.8) is 0 Å². The molecule has 75 valence electrons. The lowest BCUT2D eigenvalue weighted by Gasteiger charge is -2.21. The topological polar surface area (TPSA) is 0 Å². The molecule has 0 unspecified atom stereocenters. The van der Waals surface area contributed by atoms with Crippen molar-refractivity contribution in [1.29, 1.82) is 0 Å². The zero-order valence-electron chi connectivity index (χ0n) is 8.02. The summed E-state index contributed by atoms with van der Waals surface area (Å²) >= 11 is 0. The van der Waals surface area contributed by atoms with Gasteiger partial charge in [0.05, 0.1) is 0 Å². The summed E-state index contributed by atoms with van der Waals surface area (Å²) in [6.07, 6.45) is 5.65. The Kier molecular flexibility index (Phi) is 2.80. The van der Waals surface area contributed by atoms with Gasteiger partial charge < -0.3 is 0 Å². The van der Waals surface area contributed by atoms with Gasteiger partial charge in [-0.25, -0.2) is 8.78 Å². The molecule has 1 aliphatic carbocycles. The average molecular weight is 195 g/mol. The van der Waals surface area contributed by atoms with E-state index in [1.165, 1.54) is 12.5 Å². The minimum Gasteiger partial charge on any atom is -0.207 e. The molecule has 1 fully saturated rings. The summed E-state index contributed by atoms with van der Waals surface area (Å²) in [6, 6.07) is 4.91. The van der Waals surface area contributed by atoms with Crippen molar-refractivity contribution in [1.82, 2.24) is 0 Å². The van der Waals surface area contributed by atoms with Crippen LogP contribution in [0.3, 0.4) is 0 Å². The molecule has 1 saturated carbocycles. The molecule has 14 heavy (non-hydrogen) atoms. The van der Waals surface area contributed by atoms with Crippen LogP contribution < -0.4 is 0 Å². The molecule has 0 heterocycles. The third-order valence-electron chi connectivity index (χ3n) is 2.87. The molecule has 2 heteroatoms. The summed E-state index contributed by atoms with van der Waals surface area (Å²) in [5, 5.41) is 0. The zero-order valence-corrected chi connectivity index (χ0v) is 8.02. The Labute approximate surface area is 82.9 Å². The second-order valence-corrected chi connectivity index (χ2v) is 3.94. The molecule has 0 N–H and O–H groups in total. The van der Waals surface area contributed by atoms with Crippen molar-refractivity contribution in [2.75, 3.05) is 0 Å². The number of benzene rings is 1. The maximum absolute atomic E-state index is 12.9. The minimum absolute atomic E-state index is 0.314. The minimum atomic E-state index is -0.578. The van der Waals surface area contributed by atoms with E-state index in [2.05, 4.69) is 6.07 Å². The van der Waals surface area contributed by atoms with Crippen LogP contribution in [0.1, 0.15) is 43.6 Å². The highest BCUT2D eigenvalue weighted by Crippen LogP contribution is 2.32. The van der Waals surface area contributed by atoms with Crippen LogP contribution in [0, 0.1) is 17.7 Å². The summed E-state index contributed by atoms with van der Waals surface area (Å²) < 4.78 is 25.8. The van der Waals surface area contributed by atoms with Crippen molar-refractivity contribution in [3.8, 4) is 0 Å². The Morgan fingerprint density at radius 2 is 1.79 bits per heavy atom. The Bertz CT molecular complexity index is 294. The lowest BCUT2D eigenvalue weighted by Crippen LogP contribution is -2.05. The fourth-order valence-electron chi connectivity index (χ4n) is 2.15. The van der Waals surface area contributed by atoms with Crippen molar-refractivity contribution in [2.24, 2.45) is 0 Å². The SMILES string of the molecule is Fc1[c]c(C2CCCCC2)cc(F)c1. The molecule has 0 aliphatic heterocycles. The van der Waals surface area contributed by atoms with Gasteiger partial charge in [-0.3, -0.25) is 0 Å². The van der Waals surface area contributed by atoms with Crippen LogP contribution in [-0.4, -0.2) is 0 Å². The second kappa shape index (κ2) is 4.07. The first-order chi connectivity index (χ1) is 6.75. The lowest BCUT2D eigenvalue weighted by molar-refractivity contribution is 0.439. The standard InChI is InChI=1S/C12H13F2/c13-11-6-10(7-12(14)8-11)9-4-2-1-3-5-9/h6,8-9H,1-5H2. The molecular formula is C12H13F2. The van der Waals surface area contributed by atoms with Gasteiger partial charge in [-0.2, -0.15) is 0 Å². The van der Waals surface area contributed by atoms with Gasteiger partial charge in [-0.05, 0) is 30.4 Å². The largest absolute Gasteiger partial charge is 0.207 e. The zero-order chi connectivity index (χ0) is 9.97. The molecule has 1 aliphatic rings. The number of rotatable bonds is 1. The van der Waals surface area contributed by atoms with Crippen molar-refractivity contribution < 1.29 is 8.78 Å². The molecule has 0 saturated heterocycles. The summed E-state index contributed by atoms with van der Waals surface area (Å²) in [5.41, 5.74) is 0.710. The maximum Gasteiger partial charge on any atom is 0.134 e. The molecule has 0 atom stereocenters. The van der Waals surface area contributed by atoms with Gasteiger partial charge in [0.2, 0.25) is 0 Å². The third kappa shape index (κ3) is 2.11. The van der Waals surface area contributed by atoms with Crippen LogP contribution in [0.25, 0.3) is 0 Å². The van der Waals surface area contributed by atoms with Gasteiger partial charge in [0.25, 0.3) is 0 Å². The first-order valence-electron chi connectivity index (χ1n) is 5.14. The molecule has 0 aromatic heterocycles. The number of hydrogen-bond donors (Lipinski definition) is 0. The van der Waals surface area contributed by atoms with Crippen LogP contribution in [0.5, 0.6) is 0 Å². The van der Waals surface area contributed by atoms with Crippen LogP contribution in [0.15, 0.2) is 12.1 Å². The van der Waals surface area contributed by atoms with E-state index >= 15 is 0 Å². The van der Waals surface area contributed by atoms with Crippen molar-refractivity contribution in [3.05, 3.63) is 35.4 Å². The van der Waals surface area contributed by atoms with E-state index in [-0.39, 0.29) is 0 Å². The predicted molar refractivity (Wildman–Crippen MR) is 51.0 cm³/mol. The first kappa shape index (κ1) is 9.63. The molecule has 1 aromatic carbocycles. The van der Waals surface area contributed by atoms with E-state index in [9.17, 15) is 8.78 Å². The number of halogens is 2. The van der Waals surface area contributed by atoms with E-state index in [0.717, 1.165) is 31.7 Å². The molecule has 2 rings (SSSR count). The average Bonchev–Trinajstić information content (AvgIpc) is 2.18.